The molecule has 0 bridgehead atoms. The van der Waals surface area contributed by atoms with E-state index < -0.39 is 5.54 Å². The molecule has 1 fully saturated rings. The first-order chi connectivity index (χ1) is 9.18. The van der Waals surface area contributed by atoms with Crippen LogP contribution in [0, 0.1) is 0 Å². The largest absolute Gasteiger partial charge is 0.291 e. The molecule has 0 aliphatic carbocycles. The van der Waals surface area contributed by atoms with Gasteiger partial charge >= 0.3 is 0 Å². The summed E-state index contributed by atoms with van der Waals surface area (Å²) in [6.07, 6.45) is 0.284. The third-order valence-electron chi connectivity index (χ3n) is 4.33. The maximum atomic E-state index is 12.3. The van der Waals surface area contributed by atoms with Crippen molar-refractivity contribution in [2.45, 2.75) is 58.2 Å². The van der Waals surface area contributed by atoms with E-state index in [4.69, 9.17) is 0 Å². The first-order valence-corrected chi connectivity index (χ1v) is 7.10. The van der Waals surface area contributed by atoms with Gasteiger partial charge < -0.3 is 0 Å². The van der Waals surface area contributed by atoms with Crippen molar-refractivity contribution in [3.8, 4) is 0 Å². The summed E-state index contributed by atoms with van der Waals surface area (Å²) in [5, 5.41) is 0. The minimum Gasteiger partial charge on any atom is -0.291 e. The van der Waals surface area contributed by atoms with Gasteiger partial charge in [-0.25, -0.2) is 0 Å². The average molecular weight is 273 g/mol. The molecule has 0 amide bonds. The number of hydrogen-bond acceptors (Lipinski definition) is 3. The fraction of sp³-hybridized carbons (Fsp3) is 0.529. The summed E-state index contributed by atoms with van der Waals surface area (Å²) >= 11 is 0. The zero-order valence-corrected chi connectivity index (χ0v) is 12.9. The van der Waals surface area contributed by atoms with E-state index in [-0.39, 0.29) is 29.6 Å². The normalized spacial score (nSPS) is 23.6. The van der Waals surface area contributed by atoms with E-state index >= 15 is 0 Å². The number of ketones is 2. The first-order valence-electron chi connectivity index (χ1n) is 7.10. The predicted octanol–water partition coefficient (Wildman–Crippen LogP) is 3.15. The van der Waals surface area contributed by atoms with E-state index in [1.54, 1.807) is 0 Å². The van der Waals surface area contributed by atoms with E-state index in [9.17, 15) is 9.59 Å². The fourth-order valence-corrected chi connectivity index (χ4v) is 3.65. The van der Waals surface area contributed by atoms with Crippen molar-refractivity contribution in [1.29, 1.82) is 0 Å². The Bertz CT molecular complexity index is 531. The zero-order valence-electron chi connectivity index (χ0n) is 12.9. The van der Waals surface area contributed by atoms with Crippen molar-refractivity contribution in [3.63, 3.8) is 0 Å². The molecule has 108 valence electrons. The van der Waals surface area contributed by atoms with Crippen LogP contribution in [-0.4, -0.2) is 27.5 Å². The summed E-state index contributed by atoms with van der Waals surface area (Å²) in [7, 11) is 0. The van der Waals surface area contributed by atoms with Crippen molar-refractivity contribution in [3.05, 3.63) is 35.9 Å². The number of benzene rings is 1. The Morgan fingerprint density at radius 3 is 2.15 bits per heavy atom. The van der Waals surface area contributed by atoms with Gasteiger partial charge in [-0.15, -0.1) is 0 Å². The van der Waals surface area contributed by atoms with Crippen LogP contribution in [0.1, 0.15) is 52.6 Å². The van der Waals surface area contributed by atoms with Crippen LogP contribution in [0.15, 0.2) is 30.3 Å². The van der Waals surface area contributed by atoms with Crippen molar-refractivity contribution < 1.29 is 9.59 Å². The Labute approximate surface area is 121 Å². The van der Waals surface area contributed by atoms with Crippen LogP contribution in [0.4, 0.5) is 0 Å². The quantitative estimate of drug-likeness (QED) is 0.777. The molecule has 0 N–H and O–H groups in total. The van der Waals surface area contributed by atoms with Gasteiger partial charge in [0, 0.05) is 18.0 Å². The van der Waals surface area contributed by atoms with Crippen molar-refractivity contribution in [1.82, 2.24) is 4.90 Å². The lowest BCUT2D eigenvalue weighted by Crippen LogP contribution is -2.66. The molecule has 0 radical (unpaired) electrons. The van der Waals surface area contributed by atoms with E-state index in [2.05, 4.69) is 24.0 Å². The van der Waals surface area contributed by atoms with Gasteiger partial charge in [-0.2, -0.15) is 0 Å². The second-order valence-electron chi connectivity index (χ2n) is 6.76. The molecule has 20 heavy (non-hydrogen) atoms. The highest BCUT2D eigenvalue weighted by molar-refractivity contribution is 6.41. The minimum atomic E-state index is -0.770. The predicted molar refractivity (Wildman–Crippen MR) is 79.5 cm³/mol. The van der Waals surface area contributed by atoms with Crippen LogP contribution in [0.5, 0.6) is 0 Å². The third kappa shape index (κ3) is 2.31. The second kappa shape index (κ2) is 4.81. The maximum Gasteiger partial charge on any atom is 0.218 e. The minimum absolute atomic E-state index is 0.0817. The highest BCUT2D eigenvalue weighted by Crippen LogP contribution is 2.41. The third-order valence-corrected chi connectivity index (χ3v) is 4.33. The molecule has 0 saturated carbocycles. The van der Waals surface area contributed by atoms with Crippen LogP contribution in [0.3, 0.4) is 0 Å². The van der Waals surface area contributed by atoms with Gasteiger partial charge in [0.05, 0.1) is 5.54 Å². The second-order valence-corrected chi connectivity index (χ2v) is 6.76. The molecule has 1 unspecified atom stereocenters. The van der Waals surface area contributed by atoms with Gasteiger partial charge in [-0.3, -0.25) is 14.5 Å². The molecule has 0 aromatic heterocycles. The van der Waals surface area contributed by atoms with Crippen LogP contribution >= 0.6 is 0 Å². The fourth-order valence-electron chi connectivity index (χ4n) is 3.65. The van der Waals surface area contributed by atoms with Crippen LogP contribution in [-0.2, 0) is 9.59 Å². The Hall–Kier alpha value is -1.48. The molecule has 2 rings (SSSR count). The molecule has 1 aliphatic rings. The van der Waals surface area contributed by atoms with Crippen molar-refractivity contribution in [2.75, 3.05) is 0 Å². The number of nitrogens with zero attached hydrogens (tertiary/aromatic N) is 1. The number of likely N-dealkylation sites (tertiary alicyclic amines) is 1. The maximum absolute atomic E-state index is 12.3. The van der Waals surface area contributed by atoms with E-state index in [0.29, 0.717) is 0 Å². The summed E-state index contributed by atoms with van der Waals surface area (Å²) in [4.78, 5) is 26.4. The average Bonchev–Trinajstić information content (AvgIpc) is 2.36. The molecule has 3 nitrogen and oxygen atoms in total. The molecule has 1 aromatic rings. The molecule has 1 saturated heterocycles. The molecule has 1 aromatic carbocycles. The van der Waals surface area contributed by atoms with E-state index in [0.717, 1.165) is 5.56 Å². The molecule has 1 atom stereocenters. The number of rotatable bonds is 2. The zero-order chi connectivity index (χ0) is 15.1. The van der Waals surface area contributed by atoms with Gasteiger partial charge in [0.1, 0.15) is 0 Å². The number of piperidine rings is 1. The summed E-state index contributed by atoms with van der Waals surface area (Å²) < 4.78 is 0. The Balaban J connectivity index is 2.46. The lowest BCUT2D eigenvalue weighted by atomic mass is 9.76. The van der Waals surface area contributed by atoms with Gasteiger partial charge in [0.25, 0.3) is 0 Å². The number of carbonyl (C=O) groups excluding carboxylic acids is 2. The van der Waals surface area contributed by atoms with Crippen LogP contribution in [0.25, 0.3) is 0 Å². The summed E-state index contributed by atoms with van der Waals surface area (Å²) in [6, 6.07) is 10.2. The van der Waals surface area contributed by atoms with Gasteiger partial charge in [0.15, 0.2) is 0 Å². The SMILES string of the molecule is CC(c1ccccc1)N1C(C)(C)CC(=O)C(=O)C1(C)C. The standard InChI is InChI=1S/C17H23NO2/c1-12(13-9-7-6-8-10-13)18-16(2,3)11-14(19)15(20)17(18,4)5/h6-10,12H,11H2,1-5H3. The molecular formula is C17H23NO2. The molecule has 1 aliphatic heterocycles. The molecule has 1 heterocycles. The molecule has 0 spiro atoms. The Morgan fingerprint density at radius 1 is 1.05 bits per heavy atom. The topological polar surface area (TPSA) is 37.4 Å². The van der Waals surface area contributed by atoms with Crippen molar-refractivity contribution in [2.24, 2.45) is 0 Å². The Kier molecular flexibility index (Phi) is 3.59. The van der Waals surface area contributed by atoms with E-state index in [1.165, 1.54) is 0 Å². The van der Waals surface area contributed by atoms with Crippen molar-refractivity contribution >= 4 is 11.6 Å². The van der Waals surface area contributed by atoms with Crippen LogP contribution < -0.4 is 0 Å². The highest BCUT2D eigenvalue weighted by Gasteiger charge is 2.52. The number of Topliss-reactive ketones (excluding diaryl/α,β-unsaturated/α-hetero) is 2. The molecular weight excluding hydrogens is 250 g/mol. The summed E-state index contributed by atoms with van der Waals surface area (Å²) in [6.45, 7) is 9.89. The van der Waals surface area contributed by atoms with Gasteiger partial charge in [-0.1, -0.05) is 30.3 Å². The lowest BCUT2D eigenvalue weighted by molar-refractivity contribution is -0.157. The monoisotopic (exact) mass is 273 g/mol. The first kappa shape index (κ1) is 14.9. The number of carbonyl (C=O) groups is 2. The highest BCUT2D eigenvalue weighted by atomic mass is 16.2. The lowest BCUT2D eigenvalue weighted by Gasteiger charge is -2.53. The van der Waals surface area contributed by atoms with Crippen LogP contribution in [0.2, 0.25) is 0 Å². The van der Waals surface area contributed by atoms with Gasteiger partial charge in [0.2, 0.25) is 11.6 Å². The Morgan fingerprint density at radius 2 is 1.60 bits per heavy atom. The smallest absolute Gasteiger partial charge is 0.218 e. The van der Waals surface area contributed by atoms with Gasteiger partial charge in [-0.05, 0) is 40.2 Å². The summed E-state index contributed by atoms with van der Waals surface area (Å²) in [5.74, 6) is -0.531. The molecule has 3 heteroatoms. The summed E-state index contributed by atoms with van der Waals surface area (Å²) in [5.41, 5.74) is 0.0634. The van der Waals surface area contributed by atoms with E-state index in [1.807, 2.05) is 45.9 Å². The number of hydrogen-bond donors (Lipinski definition) is 0.